The Labute approximate surface area is 169 Å². The van der Waals surface area contributed by atoms with Crippen molar-refractivity contribution >= 4 is 23.0 Å². The number of carbonyl (C=O) groups is 1. The van der Waals surface area contributed by atoms with Gasteiger partial charge in [-0.25, -0.2) is 0 Å². The first-order valence-electron chi connectivity index (χ1n) is 9.63. The van der Waals surface area contributed by atoms with Crippen LogP contribution < -0.4 is 15.0 Å². The van der Waals surface area contributed by atoms with E-state index >= 15 is 0 Å². The van der Waals surface area contributed by atoms with Gasteiger partial charge in [-0.2, -0.15) is 0 Å². The number of nitro groups is 1. The van der Waals surface area contributed by atoms with Crippen molar-refractivity contribution in [2.45, 2.75) is 12.5 Å². The van der Waals surface area contributed by atoms with Gasteiger partial charge in [-0.3, -0.25) is 14.9 Å². The van der Waals surface area contributed by atoms with Crippen LogP contribution >= 0.6 is 0 Å². The lowest BCUT2D eigenvalue weighted by molar-refractivity contribution is -0.384. The molecule has 2 aromatic carbocycles. The Kier molecular flexibility index (Phi) is 5.10. The Hall–Kier alpha value is -3.13. The highest BCUT2D eigenvalue weighted by atomic mass is 16.6. The van der Waals surface area contributed by atoms with Gasteiger partial charge in [0.15, 0.2) is 0 Å². The van der Waals surface area contributed by atoms with Crippen molar-refractivity contribution in [1.82, 2.24) is 4.90 Å². The fourth-order valence-electron chi connectivity index (χ4n) is 4.28. The number of carbonyl (C=O) groups excluding carboxylic acids is 1. The van der Waals surface area contributed by atoms with Crippen molar-refractivity contribution in [2.75, 3.05) is 44.0 Å². The second-order valence-corrected chi connectivity index (χ2v) is 7.62. The predicted molar refractivity (Wildman–Crippen MR) is 111 cm³/mol. The lowest BCUT2D eigenvalue weighted by Gasteiger charge is -2.48. The van der Waals surface area contributed by atoms with Crippen molar-refractivity contribution in [1.29, 1.82) is 0 Å². The van der Waals surface area contributed by atoms with E-state index in [1.165, 1.54) is 0 Å². The number of nitrogens with one attached hydrogen (secondary N) is 1. The van der Waals surface area contributed by atoms with Gasteiger partial charge >= 0.3 is 0 Å². The van der Waals surface area contributed by atoms with Crippen molar-refractivity contribution < 1.29 is 14.5 Å². The summed E-state index contributed by atoms with van der Waals surface area (Å²) in [7, 11) is 3.65. The molecule has 2 aromatic rings. The van der Waals surface area contributed by atoms with Crippen LogP contribution in [0.4, 0.5) is 17.1 Å². The number of nitro benzene ring substituents is 1. The van der Waals surface area contributed by atoms with E-state index in [0.717, 1.165) is 36.6 Å². The average Bonchev–Trinajstić information content (AvgIpc) is 2.73. The molecule has 1 N–H and O–H groups in total. The third-order valence-corrected chi connectivity index (χ3v) is 5.80. The summed E-state index contributed by atoms with van der Waals surface area (Å²) in [5, 5.41) is 14.2. The van der Waals surface area contributed by atoms with Crippen LogP contribution in [-0.2, 0) is 11.2 Å². The Morgan fingerprint density at radius 2 is 1.97 bits per heavy atom. The number of amides is 1. The van der Waals surface area contributed by atoms with Crippen LogP contribution in [-0.4, -0.2) is 55.6 Å². The lowest BCUT2D eigenvalue weighted by atomic mass is 9.83. The van der Waals surface area contributed by atoms with Crippen molar-refractivity contribution in [3.05, 3.63) is 58.1 Å². The number of rotatable bonds is 4. The van der Waals surface area contributed by atoms with Gasteiger partial charge in [0.1, 0.15) is 5.75 Å². The van der Waals surface area contributed by atoms with Crippen molar-refractivity contribution in [2.24, 2.45) is 5.92 Å². The molecule has 2 aliphatic heterocycles. The summed E-state index contributed by atoms with van der Waals surface area (Å²) in [6.07, 6.45) is 0.480. The molecule has 4 rings (SSSR count). The van der Waals surface area contributed by atoms with E-state index in [1.807, 2.05) is 18.2 Å². The number of hydrogen-bond acceptors (Lipinski definition) is 6. The molecular formula is C21H24N4O4. The number of fused-ring (bicyclic) bond motifs is 3. The number of methoxy groups -OCH3 is 1. The zero-order valence-corrected chi connectivity index (χ0v) is 16.5. The summed E-state index contributed by atoms with van der Waals surface area (Å²) in [6, 6.07) is 12.2. The lowest BCUT2D eigenvalue weighted by Crippen LogP contribution is -2.59. The molecule has 0 saturated carbocycles. The van der Waals surface area contributed by atoms with Gasteiger partial charge in [0.2, 0.25) is 5.91 Å². The zero-order chi connectivity index (χ0) is 20.5. The molecule has 8 nitrogen and oxygen atoms in total. The molecule has 8 heteroatoms. The number of hydrogen-bond donors (Lipinski definition) is 1. The predicted octanol–water partition coefficient (Wildman–Crippen LogP) is 2.53. The second kappa shape index (κ2) is 7.71. The highest BCUT2D eigenvalue weighted by molar-refractivity contribution is 5.94. The summed E-state index contributed by atoms with van der Waals surface area (Å²) in [4.78, 5) is 28.5. The van der Waals surface area contributed by atoms with Gasteiger partial charge in [0, 0.05) is 43.1 Å². The molecule has 2 atom stereocenters. The molecule has 2 heterocycles. The number of nitrogens with zero attached hydrogens (tertiary/aromatic N) is 3. The number of piperazine rings is 1. The minimum absolute atomic E-state index is 0.0287. The zero-order valence-electron chi connectivity index (χ0n) is 16.5. The molecule has 152 valence electrons. The topological polar surface area (TPSA) is 87.9 Å². The molecule has 0 aliphatic carbocycles. The van der Waals surface area contributed by atoms with E-state index in [0.29, 0.717) is 12.1 Å². The van der Waals surface area contributed by atoms with Crippen LogP contribution in [0.5, 0.6) is 5.75 Å². The first-order chi connectivity index (χ1) is 14.0. The molecular weight excluding hydrogens is 372 g/mol. The standard InChI is InChI=1S/C21H24N4O4/c1-23-9-10-24-19-8-5-16(25(27)28)11-14(19)12-18(20(24)13-23)21(26)22-15-3-6-17(29-2)7-4-15/h3-8,11,18,20H,9-10,12-13H2,1-2H3,(H,22,26)/t18-,20+/m0/s1. The Balaban J connectivity index is 1.63. The highest BCUT2D eigenvalue weighted by Crippen LogP contribution is 2.38. The molecule has 0 spiro atoms. The average molecular weight is 396 g/mol. The molecule has 29 heavy (non-hydrogen) atoms. The van der Waals surface area contributed by atoms with Gasteiger partial charge < -0.3 is 19.9 Å². The fourth-order valence-corrected chi connectivity index (χ4v) is 4.28. The number of likely N-dealkylation sites (N-methyl/N-ethyl adjacent to an activating group) is 1. The van der Waals surface area contributed by atoms with E-state index in [-0.39, 0.29) is 28.5 Å². The van der Waals surface area contributed by atoms with Crippen molar-refractivity contribution in [3.8, 4) is 5.75 Å². The Bertz CT molecular complexity index is 931. The quantitative estimate of drug-likeness (QED) is 0.631. The van der Waals surface area contributed by atoms with E-state index in [9.17, 15) is 14.9 Å². The monoisotopic (exact) mass is 396 g/mol. The third kappa shape index (κ3) is 3.75. The second-order valence-electron chi connectivity index (χ2n) is 7.62. The van der Waals surface area contributed by atoms with Gasteiger partial charge in [-0.15, -0.1) is 0 Å². The van der Waals surface area contributed by atoms with E-state index in [1.54, 1.807) is 31.4 Å². The van der Waals surface area contributed by atoms with Gasteiger partial charge in [-0.05, 0) is 49.4 Å². The molecule has 0 radical (unpaired) electrons. The van der Waals surface area contributed by atoms with E-state index in [2.05, 4.69) is 22.2 Å². The van der Waals surface area contributed by atoms with Crippen LogP contribution in [0.1, 0.15) is 5.56 Å². The molecule has 0 unspecified atom stereocenters. The summed E-state index contributed by atoms with van der Waals surface area (Å²) >= 11 is 0. The molecule has 1 saturated heterocycles. The van der Waals surface area contributed by atoms with Gasteiger partial charge in [-0.1, -0.05) is 0 Å². The van der Waals surface area contributed by atoms with Gasteiger partial charge in [0.05, 0.1) is 24.0 Å². The molecule has 0 bridgehead atoms. The Morgan fingerprint density at radius 1 is 1.21 bits per heavy atom. The third-order valence-electron chi connectivity index (χ3n) is 5.80. The maximum absolute atomic E-state index is 13.2. The fraction of sp³-hybridized carbons (Fsp3) is 0.381. The molecule has 1 fully saturated rings. The first-order valence-corrected chi connectivity index (χ1v) is 9.63. The van der Waals surface area contributed by atoms with Crippen LogP contribution in [0.15, 0.2) is 42.5 Å². The maximum atomic E-state index is 13.2. The molecule has 2 aliphatic rings. The normalized spacial score (nSPS) is 21.1. The summed E-state index contributed by atoms with van der Waals surface area (Å²) < 4.78 is 5.16. The largest absolute Gasteiger partial charge is 0.497 e. The maximum Gasteiger partial charge on any atom is 0.269 e. The summed E-state index contributed by atoms with van der Waals surface area (Å²) in [5.74, 6) is 0.356. The SMILES string of the molecule is COc1ccc(NC(=O)[C@H]2Cc3cc([N+](=O)[O-])ccc3N3CCN(C)C[C@H]23)cc1. The summed E-state index contributed by atoms with van der Waals surface area (Å²) in [6.45, 7) is 2.45. The van der Waals surface area contributed by atoms with E-state index < -0.39 is 0 Å². The molecule has 1 amide bonds. The van der Waals surface area contributed by atoms with Crippen LogP contribution in [0.25, 0.3) is 0 Å². The van der Waals surface area contributed by atoms with E-state index in [4.69, 9.17) is 4.74 Å². The van der Waals surface area contributed by atoms with Gasteiger partial charge in [0.25, 0.3) is 5.69 Å². The van der Waals surface area contributed by atoms with Crippen molar-refractivity contribution in [3.63, 3.8) is 0 Å². The minimum Gasteiger partial charge on any atom is -0.497 e. The number of non-ortho nitro benzene ring substituents is 1. The number of anilines is 2. The smallest absolute Gasteiger partial charge is 0.269 e. The minimum atomic E-state index is -0.386. The summed E-state index contributed by atoms with van der Waals surface area (Å²) in [5.41, 5.74) is 2.62. The van der Waals surface area contributed by atoms with Crippen LogP contribution in [0, 0.1) is 16.0 Å². The Morgan fingerprint density at radius 3 is 2.66 bits per heavy atom. The number of ether oxygens (including phenoxy) is 1. The van der Waals surface area contributed by atoms with Crippen LogP contribution in [0.3, 0.4) is 0 Å². The van der Waals surface area contributed by atoms with Crippen LogP contribution in [0.2, 0.25) is 0 Å². The highest BCUT2D eigenvalue weighted by Gasteiger charge is 2.41. The number of benzene rings is 2. The molecule has 0 aromatic heterocycles. The first kappa shape index (κ1) is 19.2.